The van der Waals surface area contributed by atoms with E-state index in [0.717, 1.165) is 22.2 Å². The molecule has 0 saturated carbocycles. The molecule has 1 aromatic heterocycles. The number of nitrogen functional groups attached to an aromatic ring is 1. The second kappa shape index (κ2) is 4.31. The zero-order chi connectivity index (χ0) is 13.4. The second-order valence-electron chi connectivity index (χ2n) is 4.37. The Morgan fingerprint density at radius 1 is 1.11 bits per heavy atom. The Labute approximate surface area is 109 Å². The molecule has 3 rings (SSSR count). The first-order valence-electron chi connectivity index (χ1n) is 5.89. The lowest BCUT2D eigenvalue weighted by Gasteiger charge is -2.05. The van der Waals surface area contributed by atoms with Gasteiger partial charge in [0.1, 0.15) is 11.6 Å². The Kier molecular flexibility index (Phi) is 2.63. The Morgan fingerprint density at radius 2 is 1.95 bits per heavy atom. The van der Waals surface area contributed by atoms with Gasteiger partial charge in [0.25, 0.3) is 0 Å². The van der Waals surface area contributed by atoms with E-state index in [9.17, 15) is 4.39 Å². The minimum absolute atomic E-state index is 0.243. The van der Waals surface area contributed by atoms with Crippen LogP contribution in [0.15, 0.2) is 42.5 Å². The molecule has 2 aromatic carbocycles. The number of aromatic nitrogens is 1. The van der Waals surface area contributed by atoms with Crippen LogP contribution in [0.4, 0.5) is 10.1 Å². The zero-order valence-electron chi connectivity index (χ0n) is 10.4. The summed E-state index contributed by atoms with van der Waals surface area (Å²) in [4.78, 5) is 3.24. The number of halogens is 1. The number of H-pyrrole nitrogens is 1. The van der Waals surface area contributed by atoms with Crippen molar-refractivity contribution in [2.45, 2.75) is 0 Å². The number of nitrogens with two attached hydrogens (primary N) is 1. The van der Waals surface area contributed by atoms with Crippen molar-refractivity contribution in [3.8, 4) is 17.0 Å². The summed E-state index contributed by atoms with van der Waals surface area (Å²) in [5, 5.41) is 0.837. The van der Waals surface area contributed by atoms with Gasteiger partial charge < -0.3 is 15.5 Å². The maximum atomic E-state index is 13.2. The predicted octanol–water partition coefficient (Wildman–Crippen LogP) is 3.56. The minimum Gasteiger partial charge on any atom is -0.495 e. The molecule has 0 radical (unpaired) electrons. The molecule has 4 heteroatoms. The monoisotopic (exact) mass is 256 g/mol. The van der Waals surface area contributed by atoms with Crippen LogP contribution in [0, 0.1) is 5.82 Å². The highest BCUT2D eigenvalue weighted by atomic mass is 19.1. The molecule has 0 unspecified atom stereocenters. The number of benzene rings is 2. The summed E-state index contributed by atoms with van der Waals surface area (Å²) in [6.45, 7) is 0. The van der Waals surface area contributed by atoms with Crippen LogP contribution >= 0.6 is 0 Å². The number of anilines is 1. The molecule has 19 heavy (non-hydrogen) atoms. The highest BCUT2D eigenvalue weighted by Gasteiger charge is 2.06. The summed E-state index contributed by atoms with van der Waals surface area (Å²) in [6, 6.07) is 12.1. The Balaban J connectivity index is 2.11. The van der Waals surface area contributed by atoms with E-state index in [2.05, 4.69) is 4.98 Å². The molecule has 0 atom stereocenters. The number of ether oxygens (including phenoxy) is 1. The molecule has 0 bridgehead atoms. The van der Waals surface area contributed by atoms with Gasteiger partial charge in [-0.1, -0.05) is 0 Å². The lowest BCUT2D eigenvalue weighted by Crippen LogP contribution is -1.92. The fraction of sp³-hybridized carbons (Fsp3) is 0.0667. The van der Waals surface area contributed by atoms with Gasteiger partial charge in [0.05, 0.1) is 12.8 Å². The van der Waals surface area contributed by atoms with Gasteiger partial charge in [0.2, 0.25) is 0 Å². The third-order valence-electron chi connectivity index (χ3n) is 3.12. The number of fused-ring (bicyclic) bond motifs is 1. The molecular formula is C15H13FN2O. The minimum atomic E-state index is -0.243. The fourth-order valence-corrected chi connectivity index (χ4v) is 2.16. The van der Waals surface area contributed by atoms with E-state index in [1.807, 2.05) is 24.3 Å². The molecule has 0 fully saturated rings. The van der Waals surface area contributed by atoms with Gasteiger partial charge in [-0.2, -0.15) is 0 Å². The molecule has 0 amide bonds. The van der Waals surface area contributed by atoms with E-state index in [4.69, 9.17) is 10.5 Å². The lowest BCUT2D eigenvalue weighted by atomic mass is 10.1. The first kappa shape index (κ1) is 11.6. The standard InChI is InChI=1S/C15H13FN2O/c1-19-15-5-2-9(7-12(15)17)14-8-10-6-11(16)3-4-13(10)18-14/h2-8,18H,17H2,1H3. The van der Waals surface area contributed by atoms with Crippen molar-refractivity contribution in [3.63, 3.8) is 0 Å². The molecule has 0 aliphatic heterocycles. The van der Waals surface area contributed by atoms with Gasteiger partial charge in [-0.05, 0) is 42.5 Å². The van der Waals surface area contributed by atoms with Crippen LogP contribution in [0.25, 0.3) is 22.2 Å². The van der Waals surface area contributed by atoms with Crippen molar-refractivity contribution in [1.29, 1.82) is 0 Å². The number of nitrogens with one attached hydrogen (secondary N) is 1. The molecule has 96 valence electrons. The lowest BCUT2D eigenvalue weighted by molar-refractivity contribution is 0.417. The van der Waals surface area contributed by atoms with Crippen LogP contribution in [-0.2, 0) is 0 Å². The average molecular weight is 256 g/mol. The van der Waals surface area contributed by atoms with Crippen molar-refractivity contribution in [3.05, 3.63) is 48.3 Å². The van der Waals surface area contributed by atoms with Crippen molar-refractivity contribution in [2.24, 2.45) is 0 Å². The van der Waals surface area contributed by atoms with E-state index in [0.29, 0.717) is 11.4 Å². The third-order valence-corrected chi connectivity index (χ3v) is 3.12. The molecule has 0 spiro atoms. The predicted molar refractivity (Wildman–Crippen MR) is 74.7 cm³/mol. The van der Waals surface area contributed by atoms with Crippen LogP contribution in [0.3, 0.4) is 0 Å². The quantitative estimate of drug-likeness (QED) is 0.689. The third kappa shape index (κ3) is 2.01. The maximum Gasteiger partial charge on any atom is 0.141 e. The van der Waals surface area contributed by atoms with Crippen molar-refractivity contribution < 1.29 is 9.13 Å². The van der Waals surface area contributed by atoms with Gasteiger partial charge >= 0.3 is 0 Å². The molecule has 0 aliphatic rings. The van der Waals surface area contributed by atoms with Gasteiger partial charge in [-0.15, -0.1) is 0 Å². The summed E-state index contributed by atoms with van der Waals surface area (Å²) < 4.78 is 18.3. The Morgan fingerprint density at radius 3 is 2.68 bits per heavy atom. The molecule has 3 aromatic rings. The first-order chi connectivity index (χ1) is 9.17. The highest BCUT2D eigenvalue weighted by molar-refractivity contribution is 5.86. The summed E-state index contributed by atoms with van der Waals surface area (Å²) in [5.74, 6) is 0.401. The zero-order valence-corrected chi connectivity index (χ0v) is 10.4. The normalized spacial score (nSPS) is 10.8. The molecule has 0 aliphatic carbocycles. The largest absolute Gasteiger partial charge is 0.495 e. The highest BCUT2D eigenvalue weighted by Crippen LogP contribution is 2.30. The number of methoxy groups -OCH3 is 1. The van der Waals surface area contributed by atoms with E-state index < -0.39 is 0 Å². The molecule has 1 heterocycles. The van der Waals surface area contributed by atoms with Gasteiger partial charge in [-0.25, -0.2) is 4.39 Å². The average Bonchev–Trinajstić information content (AvgIpc) is 2.81. The second-order valence-corrected chi connectivity index (χ2v) is 4.37. The van der Waals surface area contributed by atoms with Crippen molar-refractivity contribution in [2.75, 3.05) is 12.8 Å². The summed E-state index contributed by atoms with van der Waals surface area (Å²) in [5.41, 5.74) is 9.19. The smallest absolute Gasteiger partial charge is 0.141 e. The molecule has 3 N–H and O–H groups in total. The van der Waals surface area contributed by atoms with E-state index >= 15 is 0 Å². The topological polar surface area (TPSA) is 51.0 Å². The maximum absolute atomic E-state index is 13.2. The van der Waals surface area contributed by atoms with Crippen molar-refractivity contribution in [1.82, 2.24) is 4.98 Å². The van der Waals surface area contributed by atoms with Gasteiger partial charge in [0, 0.05) is 22.2 Å². The SMILES string of the molecule is COc1ccc(-c2cc3cc(F)ccc3[nH]2)cc1N. The first-order valence-corrected chi connectivity index (χ1v) is 5.89. The molecule has 3 nitrogen and oxygen atoms in total. The van der Waals surface area contributed by atoms with Crippen molar-refractivity contribution >= 4 is 16.6 Å². The fourth-order valence-electron chi connectivity index (χ4n) is 2.16. The Bertz CT molecular complexity index is 749. The van der Waals surface area contributed by atoms with Crippen LogP contribution in [0.5, 0.6) is 5.75 Å². The Hall–Kier alpha value is -2.49. The summed E-state index contributed by atoms with van der Waals surface area (Å²) in [7, 11) is 1.58. The summed E-state index contributed by atoms with van der Waals surface area (Å²) >= 11 is 0. The van der Waals surface area contributed by atoms with Crippen LogP contribution in [-0.4, -0.2) is 12.1 Å². The van der Waals surface area contributed by atoms with Crippen LogP contribution in [0.2, 0.25) is 0 Å². The summed E-state index contributed by atoms with van der Waals surface area (Å²) in [6.07, 6.45) is 0. The van der Waals surface area contributed by atoms with E-state index in [1.54, 1.807) is 13.2 Å². The van der Waals surface area contributed by atoms with Crippen LogP contribution in [0.1, 0.15) is 0 Å². The number of hydrogen-bond donors (Lipinski definition) is 2. The molecular weight excluding hydrogens is 243 g/mol. The molecule has 0 saturated heterocycles. The van der Waals surface area contributed by atoms with Gasteiger partial charge in [-0.3, -0.25) is 0 Å². The number of hydrogen-bond acceptors (Lipinski definition) is 2. The van der Waals surface area contributed by atoms with E-state index in [1.165, 1.54) is 12.1 Å². The van der Waals surface area contributed by atoms with E-state index in [-0.39, 0.29) is 5.82 Å². The number of aromatic amines is 1. The van der Waals surface area contributed by atoms with Gasteiger partial charge in [0.15, 0.2) is 0 Å². The number of rotatable bonds is 2. The van der Waals surface area contributed by atoms with Crippen LogP contribution < -0.4 is 10.5 Å².